The maximum atomic E-state index is 12.8. The van der Waals surface area contributed by atoms with Crippen molar-refractivity contribution in [1.29, 1.82) is 0 Å². The molecule has 9 heteroatoms. The number of carbonyl (C=O) groups excluding carboxylic acids is 2. The monoisotopic (exact) mass is 463 g/mol. The van der Waals surface area contributed by atoms with Crippen molar-refractivity contribution in [1.82, 2.24) is 20.1 Å². The molecule has 0 radical (unpaired) electrons. The van der Waals surface area contributed by atoms with E-state index in [0.29, 0.717) is 11.1 Å². The highest BCUT2D eigenvalue weighted by atomic mass is 32.2. The Morgan fingerprint density at radius 3 is 2.73 bits per heavy atom. The first-order valence-electron chi connectivity index (χ1n) is 10.7. The van der Waals surface area contributed by atoms with Gasteiger partial charge in [0.1, 0.15) is 0 Å². The Kier molecular flexibility index (Phi) is 6.79. The summed E-state index contributed by atoms with van der Waals surface area (Å²) >= 11 is 1.17. The van der Waals surface area contributed by atoms with E-state index in [4.69, 9.17) is 4.42 Å². The molecule has 1 atom stereocenters. The van der Waals surface area contributed by atoms with Crippen molar-refractivity contribution in [2.75, 3.05) is 18.9 Å². The predicted octanol–water partition coefficient (Wildman–Crippen LogP) is 4.36. The number of carbonyl (C=O) groups is 2. The van der Waals surface area contributed by atoms with Crippen LogP contribution in [0.25, 0.3) is 22.4 Å². The highest BCUT2D eigenvalue weighted by Gasteiger charge is 2.24. The summed E-state index contributed by atoms with van der Waals surface area (Å²) in [5, 5.41) is 11.9. The largest absolute Gasteiger partial charge is 0.411 e. The fourth-order valence-electron chi connectivity index (χ4n) is 3.56. The number of hydrogen-bond donors (Lipinski definition) is 2. The minimum Gasteiger partial charge on any atom is -0.411 e. The second-order valence-corrected chi connectivity index (χ2v) is 8.93. The first kappa shape index (κ1) is 22.6. The molecule has 2 aromatic carbocycles. The molecule has 0 aliphatic heterocycles. The molecule has 8 nitrogen and oxygen atoms in total. The van der Waals surface area contributed by atoms with E-state index in [1.54, 1.807) is 14.0 Å². The zero-order chi connectivity index (χ0) is 23.4. The number of H-pyrrole nitrogens is 1. The molecular weight excluding hydrogens is 438 g/mol. The van der Waals surface area contributed by atoms with E-state index in [0.717, 1.165) is 34.1 Å². The van der Waals surface area contributed by atoms with Crippen LogP contribution in [0.4, 0.5) is 5.69 Å². The van der Waals surface area contributed by atoms with Gasteiger partial charge in [-0.15, -0.1) is 10.2 Å². The molecule has 0 aliphatic carbocycles. The number of hydrogen-bond acceptors (Lipinski definition) is 6. The highest BCUT2D eigenvalue weighted by molar-refractivity contribution is 8.00. The molecule has 0 saturated carbocycles. The molecule has 33 heavy (non-hydrogen) atoms. The van der Waals surface area contributed by atoms with Gasteiger partial charge in [0.25, 0.3) is 11.1 Å². The number of thioether (sulfide) groups is 1. The maximum absolute atomic E-state index is 12.8. The van der Waals surface area contributed by atoms with Gasteiger partial charge in [-0.25, -0.2) is 0 Å². The average molecular weight is 464 g/mol. The smallest absolute Gasteiger partial charge is 0.277 e. The van der Waals surface area contributed by atoms with Crippen LogP contribution in [0.2, 0.25) is 0 Å². The van der Waals surface area contributed by atoms with Gasteiger partial charge in [-0.05, 0) is 31.0 Å². The molecular formula is C24H25N5O3S. The molecule has 0 saturated heterocycles. The number of aromatic nitrogens is 3. The summed E-state index contributed by atoms with van der Waals surface area (Å²) in [6.07, 6.45) is 2.63. The number of fused-ring (bicyclic) bond motifs is 1. The number of likely N-dealkylation sites (N-methyl/N-ethyl adjacent to an activating group) is 1. The van der Waals surface area contributed by atoms with E-state index < -0.39 is 5.25 Å². The third-order valence-electron chi connectivity index (χ3n) is 5.28. The summed E-state index contributed by atoms with van der Waals surface area (Å²) in [5.41, 5.74) is 3.60. The summed E-state index contributed by atoms with van der Waals surface area (Å²) in [6.45, 7) is 3.73. The molecule has 170 valence electrons. The fourth-order valence-corrected chi connectivity index (χ4v) is 4.36. The highest BCUT2D eigenvalue weighted by Crippen LogP contribution is 2.31. The zero-order valence-corrected chi connectivity index (χ0v) is 19.5. The topological polar surface area (TPSA) is 104 Å². The summed E-state index contributed by atoms with van der Waals surface area (Å²) in [5.74, 6) is -0.0638. The summed E-state index contributed by atoms with van der Waals surface area (Å²) in [4.78, 5) is 29.8. The summed E-state index contributed by atoms with van der Waals surface area (Å²) in [7, 11) is 1.61. The van der Waals surface area contributed by atoms with E-state index in [1.165, 1.54) is 16.7 Å². The number of aryl methyl sites for hydroxylation is 1. The van der Waals surface area contributed by atoms with Crippen LogP contribution < -0.4 is 5.32 Å². The maximum Gasteiger partial charge on any atom is 0.277 e. The third-order valence-corrected chi connectivity index (χ3v) is 6.20. The molecule has 0 fully saturated rings. The van der Waals surface area contributed by atoms with Crippen LogP contribution in [0.15, 0.2) is 64.4 Å². The van der Waals surface area contributed by atoms with E-state index in [-0.39, 0.29) is 18.4 Å². The van der Waals surface area contributed by atoms with Gasteiger partial charge in [0, 0.05) is 29.8 Å². The van der Waals surface area contributed by atoms with Crippen molar-refractivity contribution < 1.29 is 14.0 Å². The lowest BCUT2D eigenvalue weighted by Crippen LogP contribution is -2.39. The minimum atomic E-state index is -0.498. The molecule has 0 spiro atoms. The second-order valence-electron chi connectivity index (χ2n) is 7.63. The molecule has 0 aliphatic rings. The van der Waals surface area contributed by atoms with Crippen molar-refractivity contribution in [3.05, 3.63) is 60.3 Å². The number of nitrogens with zero attached hydrogens (tertiary/aromatic N) is 3. The van der Waals surface area contributed by atoms with Gasteiger partial charge in [-0.2, -0.15) is 0 Å². The third kappa shape index (κ3) is 5.09. The first-order valence-corrected chi connectivity index (χ1v) is 11.5. The van der Waals surface area contributed by atoms with Crippen molar-refractivity contribution in [2.24, 2.45) is 0 Å². The molecule has 4 aromatic rings. The fraction of sp³-hybridized carbons (Fsp3) is 0.250. The van der Waals surface area contributed by atoms with Crippen LogP contribution in [0.5, 0.6) is 0 Å². The van der Waals surface area contributed by atoms with Crippen molar-refractivity contribution >= 4 is 40.2 Å². The Bertz CT molecular complexity index is 1280. The lowest BCUT2D eigenvalue weighted by Gasteiger charge is -2.20. The molecule has 0 bridgehead atoms. The number of anilines is 1. The molecule has 4 rings (SSSR count). The van der Waals surface area contributed by atoms with Crippen LogP contribution in [0.1, 0.15) is 19.4 Å². The number of rotatable bonds is 8. The number of para-hydroxylation sites is 2. The predicted molar refractivity (Wildman–Crippen MR) is 129 cm³/mol. The Balaban J connectivity index is 1.36. The molecule has 1 unspecified atom stereocenters. The van der Waals surface area contributed by atoms with Crippen molar-refractivity contribution in [2.45, 2.75) is 30.7 Å². The Hall–Kier alpha value is -3.59. The van der Waals surface area contributed by atoms with E-state index in [9.17, 15) is 9.59 Å². The normalized spacial score (nSPS) is 12.0. The summed E-state index contributed by atoms with van der Waals surface area (Å²) in [6, 6.07) is 15.5. The molecule has 2 N–H and O–H groups in total. The van der Waals surface area contributed by atoms with Gasteiger partial charge in [0.15, 0.2) is 0 Å². The quantitative estimate of drug-likeness (QED) is 0.376. The number of nitrogens with one attached hydrogen (secondary N) is 2. The number of amides is 2. The second kappa shape index (κ2) is 9.91. The van der Waals surface area contributed by atoms with Crippen LogP contribution in [-0.2, 0) is 16.0 Å². The average Bonchev–Trinajstić information content (AvgIpc) is 3.45. The number of benzene rings is 2. The lowest BCUT2D eigenvalue weighted by molar-refractivity contribution is -0.132. The molecule has 2 amide bonds. The van der Waals surface area contributed by atoms with Crippen LogP contribution in [0, 0.1) is 0 Å². The van der Waals surface area contributed by atoms with Gasteiger partial charge >= 0.3 is 0 Å². The van der Waals surface area contributed by atoms with E-state index >= 15 is 0 Å². The van der Waals surface area contributed by atoms with Crippen molar-refractivity contribution in [3.63, 3.8) is 0 Å². The minimum absolute atomic E-state index is 0.0494. The van der Waals surface area contributed by atoms with Gasteiger partial charge in [-0.3, -0.25) is 9.59 Å². The SMILES string of the molecule is CCc1ccccc1NC(=O)CN(C)C(=O)C(C)Sc1nnc(-c2c[nH]c3ccccc23)o1. The Morgan fingerprint density at radius 2 is 1.91 bits per heavy atom. The zero-order valence-electron chi connectivity index (χ0n) is 18.7. The van der Waals surface area contributed by atoms with Gasteiger partial charge in [0.05, 0.1) is 17.4 Å². The van der Waals surface area contributed by atoms with Crippen molar-refractivity contribution in [3.8, 4) is 11.5 Å². The van der Waals surface area contributed by atoms with E-state index in [2.05, 4.69) is 20.5 Å². The summed E-state index contributed by atoms with van der Waals surface area (Å²) < 4.78 is 5.79. The Morgan fingerprint density at radius 1 is 1.15 bits per heavy atom. The number of aromatic amines is 1. The van der Waals surface area contributed by atoms with Crippen LogP contribution in [0.3, 0.4) is 0 Å². The lowest BCUT2D eigenvalue weighted by atomic mass is 10.1. The van der Waals surface area contributed by atoms with Crippen LogP contribution >= 0.6 is 11.8 Å². The molecule has 2 aromatic heterocycles. The van der Waals surface area contributed by atoms with Gasteiger partial charge < -0.3 is 19.6 Å². The van der Waals surface area contributed by atoms with E-state index in [1.807, 2.05) is 61.7 Å². The first-order chi connectivity index (χ1) is 16.0. The van der Waals surface area contributed by atoms with Crippen LogP contribution in [-0.4, -0.2) is 50.7 Å². The van der Waals surface area contributed by atoms with Gasteiger partial charge in [0.2, 0.25) is 11.8 Å². The van der Waals surface area contributed by atoms with Gasteiger partial charge in [-0.1, -0.05) is 55.1 Å². The standard InChI is InChI=1S/C24H25N5O3S/c1-4-16-9-5-7-11-19(16)26-21(30)14-29(3)23(31)15(2)33-24-28-27-22(32-24)18-13-25-20-12-8-6-10-17(18)20/h5-13,15,25H,4,14H2,1-3H3,(H,26,30). The Labute approximate surface area is 195 Å². The molecule has 2 heterocycles.